The van der Waals surface area contributed by atoms with Gasteiger partial charge in [-0.1, -0.05) is 0 Å². The molecular weight excluding hydrogens is 100 g/mol. The molecule has 3 N–H and O–H groups in total. The van der Waals surface area contributed by atoms with Crippen LogP contribution in [-0.4, -0.2) is 17.7 Å². The second kappa shape index (κ2) is 3.10. The molecule has 0 saturated heterocycles. The molecule has 40 valence electrons. The SMILES string of the molecule is N=C(NO)OC=O. The summed E-state index contributed by atoms with van der Waals surface area (Å²) in [6.45, 7) is 0.0333. The predicted molar refractivity (Wildman–Crippen MR) is 19.8 cm³/mol. The van der Waals surface area contributed by atoms with Gasteiger partial charge in [0.25, 0.3) is 0 Å². The Bertz CT molecular complexity index is 81.0. The van der Waals surface area contributed by atoms with Gasteiger partial charge < -0.3 is 4.74 Å². The van der Waals surface area contributed by atoms with Crippen LogP contribution in [0, 0.1) is 5.41 Å². The molecule has 0 saturated carbocycles. The number of hydrogen-bond acceptors (Lipinski definition) is 4. The van der Waals surface area contributed by atoms with Crippen molar-refractivity contribution in [3.8, 4) is 0 Å². The monoisotopic (exact) mass is 104 g/mol. The highest BCUT2D eigenvalue weighted by Crippen LogP contribution is 1.59. The molecule has 0 aromatic rings. The van der Waals surface area contributed by atoms with Gasteiger partial charge >= 0.3 is 12.5 Å². The fourth-order valence-corrected chi connectivity index (χ4v) is 0.0745. The Morgan fingerprint density at radius 2 is 2.57 bits per heavy atom. The molecule has 0 atom stereocenters. The number of ether oxygens (including phenoxy) is 1. The van der Waals surface area contributed by atoms with Crippen LogP contribution < -0.4 is 5.48 Å². The fraction of sp³-hybridized carbons (Fsp3) is 0. The smallest absolute Gasteiger partial charge is 0.313 e. The van der Waals surface area contributed by atoms with Gasteiger partial charge in [-0.15, -0.1) is 0 Å². The van der Waals surface area contributed by atoms with Gasteiger partial charge in [-0.2, -0.15) is 0 Å². The largest absolute Gasteiger partial charge is 0.394 e. The molecule has 0 aromatic carbocycles. The number of amidine groups is 1. The standard InChI is InChI=1S/C2H4N2O3/c3-2(4-6)7-1-5/h1,6H,(H2,3,4). The molecule has 0 aliphatic heterocycles. The quantitative estimate of drug-likeness (QED) is 0.174. The van der Waals surface area contributed by atoms with Crippen molar-refractivity contribution in [2.24, 2.45) is 0 Å². The molecule has 5 heteroatoms. The third-order valence-electron chi connectivity index (χ3n) is 0.268. The number of nitrogens with one attached hydrogen (secondary N) is 2. The summed E-state index contributed by atoms with van der Waals surface area (Å²) >= 11 is 0. The van der Waals surface area contributed by atoms with Crippen molar-refractivity contribution in [3.63, 3.8) is 0 Å². The van der Waals surface area contributed by atoms with Crippen LogP contribution in [0.25, 0.3) is 0 Å². The maximum Gasteiger partial charge on any atom is 0.313 e. The summed E-state index contributed by atoms with van der Waals surface area (Å²) < 4.78 is 3.73. The second-order valence-corrected chi connectivity index (χ2v) is 0.655. The number of carbonyl (C=O) groups excluding carboxylic acids is 1. The van der Waals surface area contributed by atoms with E-state index in [-0.39, 0.29) is 6.47 Å². The summed E-state index contributed by atoms with van der Waals surface area (Å²) in [5.74, 6) is 0. The third kappa shape index (κ3) is 2.71. The van der Waals surface area contributed by atoms with Gasteiger partial charge in [-0.3, -0.25) is 10.0 Å². The van der Waals surface area contributed by atoms with Crippen molar-refractivity contribution in [2.75, 3.05) is 0 Å². The second-order valence-electron chi connectivity index (χ2n) is 0.655. The molecule has 0 heterocycles. The van der Waals surface area contributed by atoms with E-state index in [1.807, 2.05) is 0 Å². The van der Waals surface area contributed by atoms with E-state index < -0.39 is 6.02 Å². The first-order valence-corrected chi connectivity index (χ1v) is 1.40. The molecule has 7 heavy (non-hydrogen) atoms. The minimum Gasteiger partial charge on any atom is -0.394 e. The van der Waals surface area contributed by atoms with Crippen LogP contribution in [0.1, 0.15) is 0 Å². The van der Waals surface area contributed by atoms with Crippen molar-refractivity contribution >= 4 is 12.5 Å². The zero-order chi connectivity index (χ0) is 5.70. The predicted octanol–water partition coefficient (Wildman–Crippen LogP) is -0.927. The van der Waals surface area contributed by atoms with Crippen LogP contribution in [0.15, 0.2) is 0 Å². The van der Waals surface area contributed by atoms with Crippen molar-refractivity contribution in [3.05, 3.63) is 0 Å². The molecule has 0 radical (unpaired) electrons. The minimum absolute atomic E-state index is 0.0333. The van der Waals surface area contributed by atoms with Gasteiger partial charge in [-0.25, -0.2) is 10.9 Å². The number of hydroxylamine groups is 1. The minimum atomic E-state index is -0.685. The first kappa shape index (κ1) is 5.90. The summed E-state index contributed by atoms with van der Waals surface area (Å²) in [5.41, 5.74) is 1.30. The van der Waals surface area contributed by atoms with Gasteiger partial charge in [-0.05, 0) is 0 Å². The van der Waals surface area contributed by atoms with Gasteiger partial charge in [0, 0.05) is 0 Å². The fourth-order valence-electron chi connectivity index (χ4n) is 0.0745. The van der Waals surface area contributed by atoms with Crippen LogP contribution >= 0.6 is 0 Å². The molecule has 0 spiro atoms. The number of carbonyl (C=O) groups is 1. The maximum absolute atomic E-state index is 9.26. The van der Waals surface area contributed by atoms with Crippen molar-refractivity contribution < 1.29 is 14.7 Å². The van der Waals surface area contributed by atoms with Crippen molar-refractivity contribution in [1.82, 2.24) is 5.48 Å². The van der Waals surface area contributed by atoms with Crippen molar-refractivity contribution in [1.29, 1.82) is 5.41 Å². The van der Waals surface area contributed by atoms with Crippen LogP contribution in [0.5, 0.6) is 0 Å². The van der Waals surface area contributed by atoms with E-state index >= 15 is 0 Å². The van der Waals surface area contributed by atoms with Crippen LogP contribution in [0.2, 0.25) is 0 Å². The summed E-state index contributed by atoms with van der Waals surface area (Å²) in [6.07, 6.45) is 0. The zero-order valence-electron chi connectivity index (χ0n) is 3.34. The lowest BCUT2D eigenvalue weighted by Gasteiger charge is -1.91. The highest BCUT2D eigenvalue weighted by atomic mass is 16.6. The lowest BCUT2D eigenvalue weighted by Crippen LogP contribution is -2.19. The summed E-state index contributed by atoms with van der Waals surface area (Å²) in [4.78, 5) is 9.26. The molecule has 0 rings (SSSR count). The third-order valence-corrected chi connectivity index (χ3v) is 0.268. The molecular formula is C2H4N2O3. The lowest BCUT2D eigenvalue weighted by atomic mass is 11.2. The van der Waals surface area contributed by atoms with Gasteiger partial charge in [0.05, 0.1) is 0 Å². The van der Waals surface area contributed by atoms with Gasteiger partial charge in [0.2, 0.25) is 0 Å². The Morgan fingerprint density at radius 3 is 2.71 bits per heavy atom. The van der Waals surface area contributed by atoms with E-state index in [1.165, 1.54) is 5.48 Å². The van der Waals surface area contributed by atoms with E-state index in [2.05, 4.69) is 4.74 Å². The Hall–Kier alpha value is -1.10. The molecule has 0 unspecified atom stereocenters. The average molecular weight is 104 g/mol. The van der Waals surface area contributed by atoms with Crippen LogP contribution in [0.4, 0.5) is 0 Å². The van der Waals surface area contributed by atoms with E-state index in [0.717, 1.165) is 0 Å². The first-order valence-electron chi connectivity index (χ1n) is 1.40. The molecule has 0 aromatic heterocycles. The Morgan fingerprint density at radius 1 is 2.00 bits per heavy atom. The maximum atomic E-state index is 9.26. The Balaban J connectivity index is 3.17. The first-order chi connectivity index (χ1) is 3.31. The number of hydrogen-bond donors (Lipinski definition) is 3. The van der Waals surface area contributed by atoms with E-state index in [1.54, 1.807) is 0 Å². The van der Waals surface area contributed by atoms with Crippen LogP contribution in [-0.2, 0) is 9.53 Å². The molecule has 0 bridgehead atoms. The van der Waals surface area contributed by atoms with Crippen LogP contribution in [0.3, 0.4) is 0 Å². The molecule has 0 fully saturated rings. The molecule has 0 aliphatic carbocycles. The van der Waals surface area contributed by atoms with E-state index in [9.17, 15) is 4.79 Å². The lowest BCUT2D eigenvalue weighted by molar-refractivity contribution is -0.122. The summed E-state index contributed by atoms with van der Waals surface area (Å²) in [7, 11) is 0. The zero-order valence-corrected chi connectivity index (χ0v) is 3.34. The Labute approximate surface area is 39.4 Å². The highest BCUT2D eigenvalue weighted by Gasteiger charge is 1.85. The van der Waals surface area contributed by atoms with E-state index in [0.29, 0.717) is 0 Å². The molecule has 0 aliphatic rings. The van der Waals surface area contributed by atoms with Gasteiger partial charge in [0.1, 0.15) is 0 Å². The van der Waals surface area contributed by atoms with E-state index in [4.69, 9.17) is 10.6 Å². The normalized spacial score (nSPS) is 7.00. The topological polar surface area (TPSA) is 82.4 Å². The Kier molecular flexibility index (Phi) is 2.62. The highest BCUT2D eigenvalue weighted by molar-refractivity contribution is 5.75. The van der Waals surface area contributed by atoms with Crippen molar-refractivity contribution in [2.45, 2.75) is 0 Å². The molecule has 0 amide bonds. The summed E-state index contributed by atoms with van der Waals surface area (Å²) in [6, 6.07) is -0.685. The average Bonchev–Trinajstić information content (AvgIpc) is 1.68. The van der Waals surface area contributed by atoms with Gasteiger partial charge in [0.15, 0.2) is 0 Å². The molecule has 5 nitrogen and oxygen atoms in total. The summed E-state index contributed by atoms with van der Waals surface area (Å²) in [5, 5.41) is 14.0. The number of rotatable bonds is 1.